The SMILES string of the molecule is COCCCN(C)C1CCCCCC1CN. The van der Waals surface area contributed by atoms with Crippen LogP contribution >= 0.6 is 0 Å². The maximum atomic E-state index is 5.90. The summed E-state index contributed by atoms with van der Waals surface area (Å²) in [7, 11) is 4.02. The van der Waals surface area contributed by atoms with Gasteiger partial charge in [-0.15, -0.1) is 0 Å². The van der Waals surface area contributed by atoms with Gasteiger partial charge in [0.15, 0.2) is 0 Å². The molecule has 0 amide bonds. The summed E-state index contributed by atoms with van der Waals surface area (Å²) in [5, 5.41) is 0. The van der Waals surface area contributed by atoms with E-state index in [0.717, 1.165) is 26.1 Å². The lowest BCUT2D eigenvalue weighted by Gasteiger charge is -2.33. The van der Waals surface area contributed by atoms with Crippen molar-refractivity contribution in [3.05, 3.63) is 0 Å². The summed E-state index contributed by atoms with van der Waals surface area (Å²) < 4.78 is 5.11. The van der Waals surface area contributed by atoms with Crippen molar-refractivity contribution in [2.45, 2.75) is 44.6 Å². The Morgan fingerprint density at radius 3 is 2.69 bits per heavy atom. The molecule has 0 saturated heterocycles. The maximum Gasteiger partial charge on any atom is 0.0474 e. The van der Waals surface area contributed by atoms with E-state index < -0.39 is 0 Å². The Balaban J connectivity index is 2.39. The zero-order valence-electron chi connectivity index (χ0n) is 11.0. The molecule has 0 aliphatic heterocycles. The monoisotopic (exact) mass is 228 g/mol. The minimum atomic E-state index is 0.698. The molecule has 0 radical (unpaired) electrons. The first-order valence-electron chi connectivity index (χ1n) is 6.68. The number of hydrogen-bond donors (Lipinski definition) is 1. The molecule has 0 aromatic heterocycles. The van der Waals surface area contributed by atoms with E-state index in [1.54, 1.807) is 7.11 Å². The van der Waals surface area contributed by atoms with Gasteiger partial charge < -0.3 is 15.4 Å². The van der Waals surface area contributed by atoms with Crippen molar-refractivity contribution in [1.29, 1.82) is 0 Å². The molecule has 0 spiro atoms. The van der Waals surface area contributed by atoms with E-state index in [4.69, 9.17) is 10.5 Å². The highest BCUT2D eigenvalue weighted by molar-refractivity contribution is 4.81. The lowest BCUT2D eigenvalue weighted by Crippen LogP contribution is -2.41. The van der Waals surface area contributed by atoms with Crippen LogP contribution in [0.4, 0.5) is 0 Å². The summed E-state index contributed by atoms with van der Waals surface area (Å²) in [4.78, 5) is 2.50. The number of rotatable bonds is 6. The van der Waals surface area contributed by atoms with Crippen LogP contribution < -0.4 is 5.73 Å². The first-order valence-corrected chi connectivity index (χ1v) is 6.68. The second kappa shape index (κ2) is 8.04. The lowest BCUT2D eigenvalue weighted by atomic mass is 9.93. The van der Waals surface area contributed by atoms with Gasteiger partial charge in [-0.2, -0.15) is 0 Å². The van der Waals surface area contributed by atoms with E-state index in [9.17, 15) is 0 Å². The third kappa shape index (κ3) is 4.40. The van der Waals surface area contributed by atoms with Crippen LogP contribution in [-0.4, -0.2) is 44.8 Å². The third-order valence-electron chi connectivity index (χ3n) is 3.85. The summed E-state index contributed by atoms with van der Waals surface area (Å²) in [6.07, 6.45) is 7.89. The normalized spacial score (nSPS) is 27.0. The Kier molecular flexibility index (Phi) is 7.01. The third-order valence-corrected chi connectivity index (χ3v) is 3.85. The molecular formula is C13H28N2O. The molecule has 0 heterocycles. The van der Waals surface area contributed by atoms with Crippen LogP contribution in [0.3, 0.4) is 0 Å². The first-order chi connectivity index (χ1) is 7.79. The fourth-order valence-electron chi connectivity index (χ4n) is 2.84. The highest BCUT2D eigenvalue weighted by Gasteiger charge is 2.25. The van der Waals surface area contributed by atoms with Gasteiger partial charge in [-0.3, -0.25) is 0 Å². The predicted molar refractivity (Wildman–Crippen MR) is 68.5 cm³/mol. The van der Waals surface area contributed by atoms with E-state index in [0.29, 0.717) is 12.0 Å². The lowest BCUT2D eigenvalue weighted by molar-refractivity contribution is 0.137. The highest BCUT2D eigenvalue weighted by Crippen LogP contribution is 2.26. The summed E-state index contributed by atoms with van der Waals surface area (Å²) in [6, 6.07) is 0.698. The van der Waals surface area contributed by atoms with Gasteiger partial charge in [0.1, 0.15) is 0 Å². The van der Waals surface area contributed by atoms with Crippen LogP contribution in [0.25, 0.3) is 0 Å². The van der Waals surface area contributed by atoms with E-state index in [-0.39, 0.29) is 0 Å². The minimum absolute atomic E-state index is 0.698. The summed E-state index contributed by atoms with van der Waals surface area (Å²) >= 11 is 0. The molecule has 1 fully saturated rings. The molecule has 1 rings (SSSR count). The van der Waals surface area contributed by atoms with Gasteiger partial charge in [-0.05, 0) is 38.8 Å². The van der Waals surface area contributed by atoms with E-state index in [1.807, 2.05) is 0 Å². The van der Waals surface area contributed by atoms with E-state index in [1.165, 1.54) is 32.1 Å². The van der Waals surface area contributed by atoms with Gasteiger partial charge in [0, 0.05) is 26.3 Å². The fourth-order valence-corrected chi connectivity index (χ4v) is 2.84. The molecule has 96 valence electrons. The standard InChI is InChI=1S/C13H28N2O/c1-15(9-6-10-16-2)13-8-5-3-4-7-12(13)11-14/h12-13H,3-11,14H2,1-2H3. The number of ether oxygens (including phenoxy) is 1. The largest absolute Gasteiger partial charge is 0.385 e. The Morgan fingerprint density at radius 2 is 2.00 bits per heavy atom. The second-order valence-corrected chi connectivity index (χ2v) is 5.03. The zero-order chi connectivity index (χ0) is 11.8. The van der Waals surface area contributed by atoms with Gasteiger partial charge >= 0.3 is 0 Å². The number of nitrogens with zero attached hydrogens (tertiary/aromatic N) is 1. The molecule has 1 aliphatic rings. The Hall–Kier alpha value is -0.120. The molecule has 2 unspecified atom stereocenters. The molecule has 1 aliphatic carbocycles. The topological polar surface area (TPSA) is 38.5 Å². The van der Waals surface area contributed by atoms with Crippen LogP contribution in [0.2, 0.25) is 0 Å². The van der Waals surface area contributed by atoms with Gasteiger partial charge in [0.25, 0.3) is 0 Å². The van der Waals surface area contributed by atoms with Crippen molar-refractivity contribution in [3.8, 4) is 0 Å². The van der Waals surface area contributed by atoms with Crippen molar-refractivity contribution in [2.24, 2.45) is 11.7 Å². The number of methoxy groups -OCH3 is 1. The van der Waals surface area contributed by atoms with E-state index >= 15 is 0 Å². The van der Waals surface area contributed by atoms with Gasteiger partial charge in [0.2, 0.25) is 0 Å². The van der Waals surface area contributed by atoms with Gasteiger partial charge in [-0.1, -0.05) is 19.3 Å². The number of nitrogens with two attached hydrogens (primary N) is 1. The van der Waals surface area contributed by atoms with Gasteiger partial charge in [0.05, 0.1) is 0 Å². The Labute approximate surface area is 100 Å². The van der Waals surface area contributed by atoms with Gasteiger partial charge in [-0.25, -0.2) is 0 Å². The molecule has 16 heavy (non-hydrogen) atoms. The Bertz CT molecular complexity index is 175. The summed E-state index contributed by atoms with van der Waals surface area (Å²) in [6.45, 7) is 2.85. The molecule has 0 aromatic rings. The average Bonchev–Trinajstić information content (AvgIpc) is 2.54. The zero-order valence-corrected chi connectivity index (χ0v) is 11.0. The van der Waals surface area contributed by atoms with Crippen LogP contribution in [0.5, 0.6) is 0 Å². The van der Waals surface area contributed by atoms with E-state index in [2.05, 4.69) is 11.9 Å². The van der Waals surface area contributed by atoms with Crippen molar-refractivity contribution in [2.75, 3.05) is 33.9 Å². The molecular weight excluding hydrogens is 200 g/mol. The second-order valence-electron chi connectivity index (χ2n) is 5.03. The Morgan fingerprint density at radius 1 is 1.25 bits per heavy atom. The van der Waals surface area contributed by atoms with Crippen LogP contribution in [0.1, 0.15) is 38.5 Å². The van der Waals surface area contributed by atoms with Crippen molar-refractivity contribution in [3.63, 3.8) is 0 Å². The fraction of sp³-hybridized carbons (Fsp3) is 1.00. The molecule has 3 nitrogen and oxygen atoms in total. The van der Waals surface area contributed by atoms with Crippen LogP contribution in [-0.2, 0) is 4.74 Å². The molecule has 0 aromatic carbocycles. The summed E-state index contributed by atoms with van der Waals surface area (Å²) in [5.74, 6) is 0.704. The van der Waals surface area contributed by atoms with Crippen LogP contribution in [0, 0.1) is 5.92 Å². The molecule has 3 heteroatoms. The first kappa shape index (κ1) is 13.9. The summed E-state index contributed by atoms with van der Waals surface area (Å²) in [5.41, 5.74) is 5.90. The maximum absolute atomic E-state index is 5.90. The quantitative estimate of drug-likeness (QED) is 0.557. The molecule has 2 atom stereocenters. The van der Waals surface area contributed by atoms with Crippen molar-refractivity contribution >= 4 is 0 Å². The smallest absolute Gasteiger partial charge is 0.0474 e. The highest BCUT2D eigenvalue weighted by atomic mass is 16.5. The molecule has 0 bridgehead atoms. The molecule has 1 saturated carbocycles. The van der Waals surface area contributed by atoms with Crippen molar-refractivity contribution < 1.29 is 4.74 Å². The van der Waals surface area contributed by atoms with Crippen molar-refractivity contribution in [1.82, 2.24) is 4.90 Å². The number of hydrogen-bond acceptors (Lipinski definition) is 3. The van der Waals surface area contributed by atoms with Crippen LogP contribution in [0.15, 0.2) is 0 Å². The molecule has 2 N–H and O–H groups in total. The predicted octanol–water partition coefficient (Wildman–Crippen LogP) is 1.86. The average molecular weight is 228 g/mol. The minimum Gasteiger partial charge on any atom is -0.385 e.